The monoisotopic (exact) mass is 790 g/mol. The molecule has 7 nitrogen and oxygen atoms in total. The maximum absolute atomic E-state index is 12.6. The molecule has 300 valence electrons. The summed E-state index contributed by atoms with van der Waals surface area (Å²) in [6.45, 7) is 3.16. The number of aliphatic hydroxyl groups is 1. The highest BCUT2D eigenvalue weighted by Crippen LogP contribution is 2.32. The zero-order valence-electron chi connectivity index (χ0n) is 32.2. The first kappa shape index (κ1) is 48.8. The highest BCUT2D eigenvalue weighted by Gasteiger charge is 2.30. The first-order valence-electron chi connectivity index (χ1n) is 17.9. The normalized spacial score (nSPS) is 11.4. The molecule has 5 aromatic carbocycles. The number of carbonyl (C=O) groups is 2. The van der Waals surface area contributed by atoms with E-state index in [9.17, 15) is 27.9 Å². The summed E-state index contributed by atoms with van der Waals surface area (Å²) >= 11 is 0. The largest absolute Gasteiger partial charge is 1.00 e. The van der Waals surface area contributed by atoms with Gasteiger partial charge < -0.3 is 38.2 Å². The molecule has 0 aliphatic carbocycles. The molecule has 0 aliphatic rings. The third kappa shape index (κ3) is 19.9. The van der Waals surface area contributed by atoms with Gasteiger partial charge >= 0.3 is 6.18 Å². The first-order valence-corrected chi connectivity index (χ1v) is 17.9. The Labute approximate surface area is 335 Å². The Morgan fingerprint density at radius 1 is 0.661 bits per heavy atom. The Morgan fingerprint density at radius 2 is 1.11 bits per heavy atom. The zero-order valence-corrected chi connectivity index (χ0v) is 32.9. The van der Waals surface area contributed by atoms with Crippen LogP contribution in [0.4, 0.5) is 13.2 Å². The van der Waals surface area contributed by atoms with E-state index in [1.54, 1.807) is 32.3 Å². The number of aliphatic hydroxyl groups excluding tert-OH is 1. The number of ether oxygens (including phenoxy) is 1. The van der Waals surface area contributed by atoms with Gasteiger partial charge in [-0.3, -0.25) is 9.59 Å². The molecule has 11 heteroatoms. The second kappa shape index (κ2) is 28.2. The quantitative estimate of drug-likeness (QED) is 0.0780. The molecule has 0 saturated heterocycles. The van der Waals surface area contributed by atoms with Crippen LogP contribution in [0.5, 0.6) is 5.75 Å². The maximum Gasteiger partial charge on any atom is 0.416 e. The fraction of sp³-hybridized carbons (Fsp3) is 0.244. The van der Waals surface area contributed by atoms with Gasteiger partial charge in [-0.25, -0.2) is 0 Å². The topological polar surface area (TPSA) is 99.7 Å². The van der Waals surface area contributed by atoms with Gasteiger partial charge in [0.1, 0.15) is 11.9 Å². The van der Waals surface area contributed by atoms with E-state index >= 15 is 0 Å². The highest BCUT2D eigenvalue weighted by atomic mass is 35.5. The summed E-state index contributed by atoms with van der Waals surface area (Å²) in [7, 11) is 5.49. The van der Waals surface area contributed by atoms with Crippen LogP contribution < -0.4 is 33.1 Å². The van der Waals surface area contributed by atoms with Crippen molar-refractivity contribution in [2.45, 2.75) is 38.1 Å². The molecular weight excluding hydrogens is 739 g/mol. The standard InChI is InChI=1S/C17H18F3NO.C10H15NO.C10H11NO.C8H8O.ClH/c1-21-12-11-16(13-5-3-2-4-6-13)22-15-9-7-14(8-10-15)17(18,19)20;2*1-11-8-7-10(12)9-5-3-2-4-6-9;1-7(9)8-5-3-2-4-6-8;/h2-10,16,21H,11-12H2,1H3;2-6,10-12H,7-8H2,1H3;2-8,11H,1H3;2-6H,1H3;1H/p-1/b;;8-7-;;. The van der Waals surface area contributed by atoms with Crippen molar-refractivity contribution in [1.29, 1.82) is 0 Å². The molecule has 4 N–H and O–H groups in total. The second-order valence-electron chi connectivity index (χ2n) is 12.0. The summed E-state index contributed by atoms with van der Waals surface area (Å²) in [6.07, 6.45) is -0.250. The lowest BCUT2D eigenvalue weighted by Crippen LogP contribution is -3.00. The minimum absolute atomic E-state index is 0. The number of carbonyl (C=O) groups excluding carboxylic acids is 2. The zero-order chi connectivity index (χ0) is 40.3. The van der Waals surface area contributed by atoms with Gasteiger partial charge in [-0.05, 0) is 75.9 Å². The molecule has 0 spiro atoms. The molecule has 0 radical (unpaired) electrons. The van der Waals surface area contributed by atoms with E-state index < -0.39 is 11.7 Å². The first-order chi connectivity index (χ1) is 26.5. The summed E-state index contributed by atoms with van der Waals surface area (Å²) in [4.78, 5) is 21.9. The lowest BCUT2D eigenvalue weighted by Gasteiger charge is -2.20. The van der Waals surface area contributed by atoms with Crippen molar-refractivity contribution in [2.75, 3.05) is 34.2 Å². The van der Waals surface area contributed by atoms with E-state index in [-0.39, 0.29) is 36.2 Å². The van der Waals surface area contributed by atoms with E-state index in [0.29, 0.717) is 11.3 Å². The average molecular weight is 791 g/mol. The Hall–Kier alpha value is -5.26. The lowest BCUT2D eigenvalue weighted by molar-refractivity contribution is -0.137. The number of hydrogen-bond donors (Lipinski definition) is 4. The number of Topliss-reactive ketones (excluding diaryl/α,β-unsaturated/α-hetero) is 1. The van der Waals surface area contributed by atoms with Crippen LogP contribution in [0.1, 0.15) is 69.4 Å². The number of nitrogens with one attached hydrogen (secondary N) is 3. The number of alkyl halides is 3. The van der Waals surface area contributed by atoms with Gasteiger partial charge in [0.2, 0.25) is 0 Å². The molecule has 0 amide bonds. The van der Waals surface area contributed by atoms with Crippen molar-refractivity contribution in [3.63, 3.8) is 0 Å². The predicted octanol–water partition coefficient (Wildman–Crippen LogP) is 6.26. The third-order valence-corrected chi connectivity index (χ3v) is 7.78. The molecule has 2 unspecified atom stereocenters. The Morgan fingerprint density at radius 3 is 1.54 bits per heavy atom. The smallest absolute Gasteiger partial charge is 0.416 e. The molecule has 0 bridgehead atoms. The van der Waals surface area contributed by atoms with E-state index in [0.717, 1.165) is 54.8 Å². The van der Waals surface area contributed by atoms with Crippen LogP contribution in [-0.4, -0.2) is 50.9 Å². The van der Waals surface area contributed by atoms with Gasteiger partial charge in [0.05, 0.1) is 11.7 Å². The molecule has 0 saturated carbocycles. The van der Waals surface area contributed by atoms with Crippen LogP contribution in [0.3, 0.4) is 0 Å². The van der Waals surface area contributed by atoms with Crippen molar-refractivity contribution in [2.24, 2.45) is 0 Å². The van der Waals surface area contributed by atoms with Crippen molar-refractivity contribution in [1.82, 2.24) is 16.0 Å². The van der Waals surface area contributed by atoms with E-state index in [2.05, 4.69) is 16.0 Å². The summed E-state index contributed by atoms with van der Waals surface area (Å²) in [5.74, 6) is 0.568. The Balaban J connectivity index is 0.000000396. The second-order valence-corrected chi connectivity index (χ2v) is 12.0. The number of hydrogen-bond acceptors (Lipinski definition) is 7. The number of ketones is 2. The van der Waals surface area contributed by atoms with Crippen molar-refractivity contribution in [3.8, 4) is 5.75 Å². The summed E-state index contributed by atoms with van der Waals surface area (Å²) < 4.78 is 43.6. The van der Waals surface area contributed by atoms with E-state index in [1.165, 1.54) is 18.2 Å². The van der Waals surface area contributed by atoms with Gasteiger partial charge in [0, 0.05) is 36.9 Å². The van der Waals surface area contributed by atoms with Gasteiger partial charge in [0.25, 0.3) is 0 Å². The number of allylic oxidation sites excluding steroid dienone is 1. The van der Waals surface area contributed by atoms with Crippen LogP contribution in [0.25, 0.3) is 0 Å². The fourth-order valence-electron chi connectivity index (χ4n) is 4.78. The van der Waals surface area contributed by atoms with E-state index in [4.69, 9.17) is 4.74 Å². The predicted molar refractivity (Wildman–Crippen MR) is 215 cm³/mol. The van der Waals surface area contributed by atoms with Crippen LogP contribution in [0.15, 0.2) is 158 Å². The minimum atomic E-state index is -4.33. The Bertz CT molecular complexity index is 1780. The van der Waals surface area contributed by atoms with Crippen molar-refractivity contribution >= 4 is 11.6 Å². The molecule has 0 fully saturated rings. The molecule has 56 heavy (non-hydrogen) atoms. The maximum atomic E-state index is 12.6. The van der Waals surface area contributed by atoms with Crippen LogP contribution in [0.2, 0.25) is 0 Å². The molecule has 2 atom stereocenters. The van der Waals surface area contributed by atoms with Crippen molar-refractivity contribution < 1.29 is 45.0 Å². The minimum Gasteiger partial charge on any atom is -1.00 e. The van der Waals surface area contributed by atoms with E-state index in [1.807, 2.05) is 123 Å². The SMILES string of the molecule is CC(=O)c1ccccc1.CN/C=C\C(=O)c1ccccc1.CNCCC(O)c1ccccc1.CNCCC(Oc1ccc(C(F)(F)F)cc1)c1ccccc1.[Cl-]. The van der Waals surface area contributed by atoms with Gasteiger partial charge in [0.15, 0.2) is 11.6 Å². The third-order valence-electron chi connectivity index (χ3n) is 7.78. The fourth-order valence-corrected chi connectivity index (χ4v) is 4.78. The van der Waals surface area contributed by atoms with Crippen LogP contribution in [-0.2, 0) is 6.18 Å². The number of rotatable bonds is 14. The average Bonchev–Trinajstić information content (AvgIpc) is 3.22. The number of benzene rings is 5. The lowest BCUT2D eigenvalue weighted by atomic mass is 10.1. The van der Waals surface area contributed by atoms with Gasteiger partial charge in [-0.1, -0.05) is 121 Å². The number of halogens is 4. The Kier molecular flexibility index (Phi) is 24.5. The summed E-state index contributed by atoms with van der Waals surface area (Å²) in [5.41, 5.74) is 2.80. The molecule has 0 aliphatic heterocycles. The molecular formula is C45H52ClF3N3O4-. The van der Waals surface area contributed by atoms with Crippen LogP contribution in [0, 0.1) is 0 Å². The van der Waals surface area contributed by atoms with Gasteiger partial charge in [-0.15, -0.1) is 0 Å². The van der Waals surface area contributed by atoms with Gasteiger partial charge in [-0.2, -0.15) is 13.2 Å². The van der Waals surface area contributed by atoms with Crippen LogP contribution >= 0.6 is 0 Å². The highest BCUT2D eigenvalue weighted by molar-refractivity contribution is 6.04. The molecule has 0 heterocycles. The summed E-state index contributed by atoms with van der Waals surface area (Å²) in [6, 6.07) is 42.6. The molecule has 5 aromatic rings. The molecule has 5 rings (SSSR count). The molecule has 0 aromatic heterocycles. The van der Waals surface area contributed by atoms with Crippen molar-refractivity contribution in [3.05, 3.63) is 186 Å². The summed E-state index contributed by atoms with van der Waals surface area (Å²) in [5, 5.41) is 18.4.